The summed E-state index contributed by atoms with van der Waals surface area (Å²) in [6.07, 6.45) is -13.9. The van der Waals surface area contributed by atoms with Gasteiger partial charge in [0.2, 0.25) is 5.91 Å². The van der Waals surface area contributed by atoms with Crippen LogP contribution in [-0.2, 0) is 17.6 Å². The van der Waals surface area contributed by atoms with Crippen molar-refractivity contribution >= 4 is 41.1 Å². The number of nitrogens with zero attached hydrogens (tertiary/aromatic N) is 2. The molecule has 380 valence electrons. The van der Waals surface area contributed by atoms with E-state index in [1.54, 1.807) is 0 Å². The molecule has 22 nitrogen and oxygen atoms in total. The smallest absolute Gasteiger partial charge is 0.321 e. The second kappa shape index (κ2) is 29.4. The number of hydrogen-bond acceptors (Lipinski definition) is 19. The number of imide groups is 1. The van der Waals surface area contributed by atoms with Gasteiger partial charge in [-0.3, -0.25) is 14.9 Å². The van der Waals surface area contributed by atoms with E-state index in [9.17, 15) is 65.4 Å². The third-order valence-corrected chi connectivity index (χ3v) is 11.8. The van der Waals surface area contributed by atoms with Crippen molar-refractivity contribution in [3.63, 3.8) is 0 Å². The number of benzene rings is 2. The lowest BCUT2D eigenvalue weighted by Crippen LogP contribution is -2.50. The molecular weight excluding hydrogens is 914 g/mol. The molecular formula is C45H68ClN7O15. The Morgan fingerprint density at radius 2 is 1.03 bits per heavy atom. The Bertz CT molecular complexity index is 1950. The molecule has 0 aliphatic heterocycles. The van der Waals surface area contributed by atoms with E-state index in [1.165, 1.54) is 0 Å². The zero-order chi connectivity index (χ0) is 50.5. The van der Waals surface area contributed by atoms with E-state index in [-0.39, 0.29) is 73.0 Å². The summed E-state index contributed by atoms with van der Waals surface area (Å²) in [5.74, 6) is -1.75. The topological polar surface area (TPSA) is 408 Å². The minimum Gasteiger partial charge on any atom is -0.394 e. The molecule has 2 aromatic carbocycles. The quantitative estimate of drug-likeness (QED) is 0.0322. The van der Waals surface area contributed by atoms with Gasteiger partial charge in [0, 0.05) is 19.5 Å². The fraction of sp³-hybridized carbons (Fsp3) is 0.578. The zero-order valence-corrected chi connectivity index (χ0v) is 38.4. The highest BCUT2D eigenvalue weighted by Gasteiger charge is 2.35. The summed E-state index contributed by atoms with van der Waals surface area (Å²) in [5.41, 5.74) is 14.8. The van der Waals surface area contributed by atoms with Gasteiger partial charge in [-0.1, -0.05) is 73.0 Å². The number of aliphatic hydroxyl groups excluding tert-OH is 12. The second-order valence-corrected chi connectivity index (χ2v) is 17.2. The van der Waals surface area contributed by atoms with Crippen molar-refractivity contribution in [2.24, 2.45) is 5.92 Å². The minimum atomic E-state index is -1.95. The van der Waals surface area contributed by atoms with Gasteiger partial charge in [0.05, 0.1) is 25.4 Å². The number of nitrogen functional groups attached to an aromatic ring is 2. The first-order chi connectivity index (χ1) is 32.3. The van der Waals surface area contributed by atoms with Gasteiger partial charge >= 0.3 is 6.03 Å². The Hall–Kier alpha value is -4.66. The van der Waals surface area contributed by atoms with Gasteiger partial charge in [-0.15, -0.1) is 0 Å². The van der Waals surface area contributed by atoms with Gasteiger partial charge < -0.3 is 83.4 Å². The summed E-state index contributed by atoms with van der Waals surface area (Å²) >= 11 is 5.79. The maximum absolute atomic E-state index is 13.0. The number of aliphatic hydroxyl groups is 12. The van der Waals surface area contributed by atoms with Crippen LogP contribution >= 0.6 is 11.6 Å². The Labute approximate surface area is 398 Å². The van der Waals surface area contributed by atoms with E-state index in [1.807, 2.05) is 48.5 Å². The predicted octanol–water partition coefficient (Wildman–Crippen LogP) is -1.98. The van der Waals surface area contributed by atoms with Crippen molar-refractivity contribution in [1.29, 1.82) is 0 Å². The van der Waals surface area contributed by atoms with E-state index in [2.05, 4.69) is 25.9 Å². The van der Waals surface area contributed by atoms with Crippen LogP contribution in [0.4, 0.5) is 16.4 Å². The molecule has 0 spiro atoms. The molecule has 4 amide bonds. The third-order valence-electron chi connectivity index (χ3n) is 11.6. The molecule has 0 saturated heterocycles. The van der Waals surface area contributed by atoms with Crippen molar-refractivity contribution in [2.45, 2.75) is 132 Å². The van der Waals surface area contributed by atoms with E-state index < -0.39 is 86.2 Å². The lowest BCUT2D eigenvalue weighted by molar-refractivity contribution is -0.141. The molecule has 0 aliphatic carbocycles. The molecule has 0 saturated carbocycles. The third kappa shape index (κ3) is 18.7. The monoisotopic (exact) mass is 981 g/mol. The number of nitrogens with one attached hydrogen (secondary N) is 3. The fourth-order valence-corrected chi connectivity index (χ4v) is 7.38. The highest BCUT2D eigenvalue weighted by atomic mass is 35.5. The summed E-state index contributed by atoms with van der Waals surface area (Å²) < 4.78 is 0. The lowest BCUT2D eigenvalue weighted by atomic mass is 9.90. The number of hydrogen-bond donors (Lipinski definition) is 17. The summed E-state index contributed by atoms with van der Waals surface area (Å²) in [7, 11) is 0. The van der Waals surface area contributed by atoms with Crippen molar-refractivity contribution in [1.82, 2.24) is 25.9 Å². The largest absolute Gasteiger partial charge is 0.394 e. The lowest BCUT2D eigenvalue weighted by Gasteiger charge is -2.29. The van der Waals surface area contributed by atoms with E-state index in [4.69, 9.17) is 33.3 Å². The molecule has 23 heteroatoms. The normalized spacial score (nSPS) is 16.1. The van der Waals surface area contributed by atoms with Crippen LogP contribution in [0.25, 0.3) is 11.1 Å². The number of aromatic nitrogens is 2. The second-order valence-electron chi connectivity index (χ2n) is 16.8. The van der Waals surface area contributed by atoms with Gasteiger partial charge in [-0.05, 0) is 79.5 Å². The molecule has 0 aliphatic rings. The van der Waals surface area contributed by atoms with Gasteiger partial charge in [0.25, 0.3) is 5.91 Å². The Balaban J connectivity index is 1.46. The highest BCUT2D eigenvalue weighted by Crippen LogP contribution is 2.24. The fourth-order valence-electron chi connectivity index (χ4n) is 7.26. The maximum Gasteiger partial charge on any atom is 0.321 e. The Morgan fingerprint density at radius 1 is 0.559 bits per heavy atom. The number of halogens is 1. The van der Waals surface area contributed by atoms with Crippen LogP contribution in [0, 0.1) is 5.92 Å². The predicted molar refractivity (Wildman–Crippen MR) is 248 cm³/mol. The Kier molecular flexibility index (Phi) is 24.9. The first kappa shape index (κ1) is 57.7. The number of carbonyl (C=O) groups excluding carboxylic acids is 3. The molecule has 68 heavy (non-hydrogen) atoms. The number of unbranched alkanes of at least 4 members (excludes halogenated alkanes) is 1. The van der Waals surface area contributed by atoms with Crippen LogP contribution in [-0.4, -0.2) is 176 Å². The number of amides is 4. The first-order valence-electron chi connectivity index (χ1n) is 22.4. The number of rotatable bonds is 30. The zero-order valence-electron chi connectivity index (χ0n) is 37.6. The van der Waals surface area contributed by atoms with Crippen molar-refractivity contribution in [3.8, 4) is 11.1 Å². The molecule has 0 unspecified atom stereocenters. The number of urea groups is 1. The van der Waals surface area contributed by atoms with Crippen LogP contribution in [0.2, 0.25) is 5.15 Å². The van der Waals surface area contributed by atoms with Gasteiger partial charge in [-0.2, -0.15) is 0 Å². The van der Waals surface area contributed by atoms with Crippen molar-refractivity contribution in [2.75, 3.05) is 37.8 Å². The van der Waals surface area contributed by atoms with Gasteiger partial charge in [0.1, 0.15) is 48.8 Å². The molecule has 1 aromatic heterocycles. The van der Waals surface area contributed by atoms with E-state index >= 15 is 0 Å². The van der Waals surface area contributed by atoms with Crippen LogP contribution in [0.3, 0.4) is 0 Å². The molecule has 3 aromatic rings. The van der Waals surface area contributed by atoms with Crippen LogP contribution in [0.15, 0.2) is 48.5 Å². The maximum atomic E-state index is 13.0. The summed E-state index contributed by atoms with van der Waals surface area (Å²) in [5, 5.41) is 126. The summed E-state index contributed by atoms with van der Waals surface area (Å²) in [4.78, 5) is 45.0. The van der Waals surface area contributed by atoms with Crippen molar-refractivity contribution in [3.05, 3.63) is 70.5 Å². The number of anilines is 2. The molecule has 19 N–H and O–H groups in total. The minimum absolute atomic E-state index is 0.0466. The van der Waals surface area contributed by atoms with Gasteiger partial charge in [-0.25, -0.2) is 14.8 Å². The van der Waals surface area contributed by atoms with Crippen LogP contribution < -0.4 is 27.4 Å². The molecule has 0 bridgehead atoms. The average molecular weight is 983 g/mol. The molecule has 0 fully saturated rings. The molecule has 0 radical (unpaired) electrons. The molecule has 3 rings (SSSR count). The average Bonchev–Trinajstić information content (AvgIpc) is 3.33. The number of aryl methyl sites for hydroxylation is 2. The molecule has 1 heterocycles. The standard InChI is InChI=1S/C45H68ClN7O15/c46-41-43(48)52-42(47)34(51-41)44(67)53-45(68)49-20-2-1-5-24-10-15-27(16-11-24)28-17-12-25(13-18-28)14-19-33(60)50-21-26(6-3-8-29(56)35(61)39(65)37(63)31(58)22-54)7-4-9-30(57)36(62)40(66)38(64)32(59)23-55/h10-13,15-18,26,29-32,35-40,54-59,61-66H,1-9,14,19-23H2,(H,50,60)(H4,47,48,52)(H2,49,53,67,68)/t29-,30-,31+,32+,35-,36-,37+,38+,39+,40+/m0/s1. The summed E-state index contributed by atoms with van der Waals surface area (Å²) in [6, 6.07) is 15.1. The highest BCUT2D eigenvalue weighted by molar-refractivity contribution is 6.31. The number of nitrogens with two attached hydrogens (primary N) is 2. The first-order valence-corrected chi connectivity index (χ1v) is 22.8. The number of carbonyl (C=O) groups is 3. The van der Waals surface area contributed by atoms with Gasteiger partial charge in [0.15, 0.2) is 22.5 Å². The van der Waals surface area contributed by atoms with Crippen LogP contribution in [0.1, 0.15) is 79.4 Å². The Morgan fingerprint density at radius 3 is 1.51 bits per heavy atom. The van der Waals surface area contributed by atoms with Crippen LogP contribution in [0.5, 0.6) is 0 Å². The SMILES string of the molecule is Nc1nc(N)c(C(=O)NC(=O)NCCCCc2ccc(-c3ccc(CCC(=O)NCC(CCC[C@H](O)[C@H](O)[C@@H](O)[C@H](O)[C@H](O)CO)CCC[C@H](O)[C@H](O)[C@@H](O)[C@H](O)[C@H](O)CO)cc3)cc2)nc1Cl. The van der Waals surface area contributed by atoms with E-state index in [0.29, 0.717) is 32.2 Å². The summed E-state index contributed by atoms with van der Waals surface area (Å²) in [6.45, 7) is -1.26. The van der Waals surface area contributed by atoms with Crippen molar-refractivity contribution < 1.29 is 75.7 Å². The molecule has 10 atom stereocenters. The van der Waals surface area contributed by atoms with E-state index in [0.717, 1.165) is 35.1 Å².